The number of hydrogen-bond acceptors (Lipinski definition) is 4. The summed E-state index contributed by atoms with van der Waals surface area (Å²) >= 11 is 0. The van der Waals surface area contributed by atoms with Crippen molar-refractivity contribution in [3.05, 3.63) is 82.9 Å². The lowest BCUT2D eigenvalue weighted by molar-refractivity contribution is 0.300. The second kappa shape index (κ2) is 13.1. The molecule has 178 valence electrons. The molecule has 0 saturated heterocycles. The highest BCUT2D eigenvalue weighted by atomic mass is 16.5. The van der Waals surface area contributed by atoms with Crippen LogP contribution in [-0.4, -0.2) is 23.4 Å². The van der Waals surface area contributed by atoms with E-state index < -0.39 is 0 Å². The van der Waals surface area contributed by atoms with Crippen LogP contribution in [0, 0.1) is 0 Å². The molecule has 0 aromatic heterocycles. The van der Waals surface area contributed by atoms with Crippen LogP contribution in [0.3, 0.4) is 0 Å². The lowest BCUT2D eigenvalue weighted by Gasteiger charge is -2.15. The van der Waals surface area contributed by atoms with Crippen molar-refractivity contribution in [2.75, 3.05) is 13.2 Å². The second-order valence-corrected chi connectivity index (χ2v) is 8.18. The van der Waals surface area contributed by atoms with E-state index in [1.807, 2.05) is 60.7 Å². The van der Waals surface area contributed by atoms with Crippen LogP contribution in [0.5, 0.6) is 23.0 Å². The summed E-state index contributed by atoms with van der Waals surface area (Å²) in [5.74, 6) is 2.10. The van der Waals surface area contributed by atoms with Gasteiger partial charge in [-0.1, -0.05) is 75.3 Å². The van der Waals surface area contributed by atoms with Crippen LogP contribution in [0.2, 0.25) is 0 Å². The molecule has 4 heteroatoms. The maximum atomic E-state index is 9.54. The van der Waals surface area contributed by atoms with E-state index in [0.29, 0.717) is 13.2 Å². The van der Waals surface area contributed by atoms with Crippen molar-refractivity contribution in [1.82, 2.24) is 0 Å². The SMILES string of the molecule is CCCCOc1cc(/C=C/c2ccc(O)cc2)c(OCCCC)cc1/C=C/c1ccc(O)cc1. The van der Waals surface area contributed by atoms with E-state index in [1.54, 1.807) is 24.3 Å². The summed E-state index contributed by atoms with van der Waals surface area (Å²) in [6, 6.07) is 18.3. The van der Waals surface area contributed by atoms with Gasteiger partial charge in [0.1, 0.15) is 23.0 Å². The van der Waals surface area contributed by atoms with Crippen LogP contribution < -0.4 is 9.47 Å². The van der Waals surface area contributed by atoms with Gasteiger partial charge in [-0.05, 0) is 60.4 Å². The zero-order valence-electron chi connectivity index (χ0n) is 20.0. The number of ether oxygens (including phenoxy) is 2. The standard InChI is InChI=1S/C30H34O4/c1-3-5-19-33-29-21-26(14-8-24-11-17-28(32)18-12-24)30(34-20-6-4-2)22-25(29)13-7-23-9-15-27(31)16-10-23/h7-18,21-22,31-32H,3-6,19-20H2,1-2H3/b13-7+,14-8+. The van der Waals surface area contributed by atoms with Gasteiger partial charge in [0.2, 0.25) is 0 Å². The number of phenolic OH excluding ortho intramolecular Hbond substituents is 2. The molecule has 34 heavy (non-hydrogen) atoms. The molecule has 0 unspecified atom stereocenters. The van der Waals surface area contributed by atoms with E-state index in [-0.39, 0.29) is 11.5 Å². The summed E-state index contributed by atoms with van der Waals surface area (Å²) in [6.45, 7) is 5.58. The Morgan fingerprint density at radius 3 is 1.32 bits per heavy atom. The molecule has 4 nitrogen and oxygen atoms in total. The maximum absolute atomic E-state index is 9.54. The Kier molecular flexibility index (Phi) is 9.65. The number of rotatable bonds is 12. The third-order valence-electron chi connectivity index (χ3n) is 5.35. The normalized spacial score (nSPS) is 11.4. The first-order chi connectivity index (χ1) is 16.6. The highest BCUT2D eigenvalue weighted by molar-refractivity contribution is 5.79. The van der Waals surface area contributed by atoms with Gasteiger partial charge in [-0.15, -0.1) is 0 Å². The Morgan fingerprint density at radius 1 is 0.588 bits per heavy atom. The van der Waals surface area contributed by atoms with Crippen molar-refractivity contribution in [2.24, 2.45) is 0 Å². The fourth-order valence-electron chi connectivity index (χ4n) is 3.30. The Labute approximate surface area is 202 Å². The third-order valence-corrected chi connectivity index (χ3v) is 5.35. The van der Waals surface area contributed by atoms with Crippen molar-refractivity contribution in [3.8, 4) is 23.0 Å². The first-order valence-electron chi connectivity index (χ1n) is 12.0. The summed E-state index contributed by atoms with van der Waals surface area (Å²) in [6.07, 6.45) is 12.1. The zero-order valence-corrected chi connectivity index (χ0v) is 20.0. The van der Waals surface area contributed by atoms with Crippen molar-refractivity contribution in [2.45, 2.75) is 39.5 Å². The van der Waals surface area contributed by atoms with Gasteiger partial charge in [-0.3, -0.25) is 0 Å². The van der Waals surface area contributed by atoms with Crippen LogP contribution in [0.15, 0.2) is 60.7 Å². The largest absolute Gasteiger partial charge is 0.508 e. The highest BCUT2D eigenvalue weighted by Crippen LogP contribution is 2.33. The fourth-order valence-corrected chi connectivity index (χ4v) is 3.30. The molecule has 0 bridgehead atoms. The molecule has 0 fully saturated rings. The van der Waals surface area contributed by atoms with Gasteiger partial charge in [0.15, 0.2) is 0 Å². The molecular weight excluding hydrogens is 424 g/mol. The lowest BCUT2D eigenvalue weighted by Crippen LogP contribution is -2.02. The smallest absolute Gasteiger partial charge is 0.127 e. The number of hydrogen-bond donors (Lipinski definition) is 2. The number of phenols is 2. The van der Waals surface area contributed by atoms with E-state index in [2.05, 4.69) is 13.8 Å². The van der Waals surface area contributed by atoms with Gasteiger partial charge < -0.3 is 19.7 Å². The van der Waals surface area contributed by atoms with Crippen molar-refractivity contribution < 1.29 is 19.7 Å². The minimum Gasteiger partial charge on any atom is -0.508 e. The van der Waals surface area contributed by atoms with Crippen molar-refractivity contribution in [1.29, 1.82) is 0 Å². The van der Waals surface area contributed by atoms with E-state index in [0.717, 1.165) is 59.4 Å². The van der Waals surface area contributed by atoms with Gasteiger partial charge in [0.05, 0.1) is 13.2 Å². The molecule has 0 atom stereocenters. The van der Waals surface area contributed by atoms with E-state index in [1.165, 1.54) is 0 Å². The molecule has 3 aromatic carbocycles. The lowest BCUT2D eigenvalue weighted by atomic mass is 10.0. The summed E-state index contributed by atoms with van der Waals surface area (Å²) in [5, 5.41) is 19.1. The van der Waals surface area contributed by atoms with Crippen LogP contribution in [0.25, 0.3) is 24.3 Å². The van der Waals surface area contributed by atoms with E-state index in [9.17, 15) is 10.2 Å². The summed E-state index contributed by atoms with van der Waals surface area (Å²) in [7, 11) is 0. The van der Waals surface area contributed by atoms with Crippen LogP contribution in [0.1, 0.15) is 61.8 Å². The van der Waals surface area contributed by atoms with Gasteiger partial charge in [-0.2, -0.15) is 0 Å². The topological polar surface area (TPSA) is 58.9 Å². The molecule has 0 amide bonds. The Morgan fingerprint density at radius 2 is 0.971 bits per heavy atom. The van der Waals surface area contributed by atoms with Crippen molar-refractivity contribution in [3.63, 3.8) is 0 Å². The van der Waals surface area contributed by atoms with Crippen LogP contribution in [-0.2, 0) is 0 Å². The molecule has 3 rings (SSSR count). The average Bonchev–Trinajstić information content (AvgIpc) is 2.85. The van der Waals surface area contributed by atoms with Gasteiger partial charge in [0, 0.05) is 11.1 Å². The van der Waals surface area contributed by atoms with Gasteiger partial charge in [0.25, 0.3) is 0 Å². The van der Waals surface area contributed by atoms with Gasteiger partial charge in [-0.25, -0.2) is 0 Å². The molecule has 0 saturated carbocycles. The quantitative estimate of drug-likeness (QED) is 0.215. The predicted molar refractivity (Wildman–Crippen MR) is 141 cm³/mol. The summed E-state index contributed by atoms with van der Waals surface area (Å²) in [5.41, 5.74) is 3.86. The molecular formula is C30H34O4. The molecule has 0 spiro atoms. The molecule has 0 heterocycles. The molecule has 0 aliphatic carbocycles. The highest BCUT2D eigenvalue weighted by Gasteiger charge is 2.10. The first kappa shape index (κ1) is 25.0. The monoisotopic (exact) mass is 458 g/mol. The molecule has 0 aliphatic rings. The van der Waals surface area contributed by atoms with E-state index >= 15 is 0 Å². The number of unbranched alkanes of at least 4 members (excludes halogenated alkanes) is 2. The second-order valence-electron chi connectivity index (χ2n) is 8.18. The minimum atomic E-state index is 0.247. The number of benzene rings is 3. The number of aromatic hydroxyl groups is 2. The summed E-state index contributed by atoms with van der Waals surface area (Å²) < 4.78 is 12.3. The van der Waals surface area contributed by atoms with Crippen LogP contribution in [0.4, 0.5) is 0 Å². The summed E-state index contributed by atoms with van der Waals surface area (Å²) in [4.78, 5) is 0. The Bertz CT molecular complexity index is 991. The van der Waals surface area contributed by atoms with Gasteiger partial charge >= 0.3 is 0 Å². The Balaban J connectivity index is 1.97. The molecule has 3 aromatic rings. The predicted octanol–water partition coefficient (Wildman–Crippen LogP) is 7.80. The maximum Gasteiger partial charge on any atom is 0.127 e. The average molecular weight is 459 g/mol. The minimum absolute atomic E-state index is 0.247. The van der Waals surface area contributed by atoms with E-state index in [4.69, 9.17) is 9.47 Å². The van der Waals surface area contributed by atoms with Crippen molar-refractivity contribution >= 4 is 24.3 Å². The fraction of sp³-hybridized carbons (Fsp3) is 0.267. The first-order valence-corrected chi connectivity index (χ1v) is 12.0. The Hall–Kier alpha value is -3.66. The third kappa shape index (κ3) is 7.73. The molecule has 0 aliphatic heterocycles. The molecule has 0 radical (unpaired) electrons. The molecule has 2 N–H and O–H groups in total. The van der Waals surface area contributed by atoms with Crippen LogP contribution >= 0.6 is 0 Å². The zero-order chi connectivity index (χ0) is 24.2.